The Kier molecular flexibility index (Phi) is 3.12. The average Bonchev–Trinajstić information content (AvgIpc) is 3.27. The molecule has 1 aliphatic heterocycles. The highest BCUT2D eigenvalue weighted by Crippen LogP contribution is 2.24. The maximum atomic E-state index is 12.1. The second-order valence-corrected chi connectivity index (χ2v) is 4.57. The molecule has 1 N–H and O–H groups in total. The third-order valence-electron chi connectivity index (χ3n) is 3.16. The second-order valence-electron chi connectivity index (χ2n) is 4.57. The van der Waals surface area contributed by atoms with Crippen molar-refractivity contribution in [1.29, 1.82) is 0 Å². The molecule has 1 fully saturated rings. The van der Waals surface area contributed by atoms with Gasteiger partial charge >= 0.3 is 11.9 Å². The smallest absolute Gasteiger partial charge is 0.338 e. The molecule has 5 nitrogen and oxygen atoms in total. The maximum absolute atomic E-state index is 12.1. The molecule has 3 rings (SSSR count). The van der Waals surface area contributed by atoms with Crippen molar-refractivity contribution >= 4 is 22.7 Å². The molecule has 1 heterocycles. The number of fused-ring (bicyclic) bond motifs is 1. The fourth-order valence-corrected chi connectivity index (χ4v) is 2.10. The lowest BCUT2D eigenvalue weighted by molar-refractivity contribution is 0.0479. The van der Waals surface area contributed by atoms with Gasteiger partial charge in [0.25, 0.3) is 0 Å². The fraction of sp³-hybridized carbons (Fsp3) is 0.200. The van der Waals surface area contributed by atoms with E-state index in [-0.39, 0.29) is 23.8 Å². The highest BCUT2D eigenvalue weighted by molar-refractivity contribution is 6.12. The summed E-state index contributed by atoms with van der Waals surface area (Å²) in [5.74, 6) is -1.60. The number of ether oxygens (including phenoxy) is 2. The molecule has 1 unspecified atom stereocenters. The van der Waals surface area contributed by atoms with E-state index in [1.165, 1.54) is 6.07 Å². The van der Waals surface area contributed by atoms with E-state index in [1.807, 2.05) is 0 Å². The summed E-state index contributed by atoms with van der Waals surface area (Å²) in [7, 11) is 0. The Hall–Kier alpha value is -2.40. The molecular weight excluding hydrogens is 260 g/mol. The minimum atomic E-state index is -1.07. The van der Waals surface area contributed by atoms with Crippen LogP contribution in [0.4, 0.5) is 0 Å². The molecule has 0 radical (unpaired) electrons. The van der Waals surface area contributed by atoms with Crippen LogP contribution in [0.3, 0.4) is 0 Å². The van der Waals surface area contributed by atoms with Crippen molar-refractivity contribution in [1.82, 2.24) is 0 Å². The molecule has 2 aromatic carbocycles. The number of carboxylic acids is 1. The summed E-state index contributed by atoms with van der Waals surface area (Å²) in [6.45, 7) is 0.799. The van der Waals surface area contributed by atoms with E-state index in [0.717, 1.165) is 0 Å². The summed E-state index contributed by atoms with van der Waals surface area (Å²) in [6, 6.07) is 9.94. The average molecular weight is 272 g/mol. The van der Waals surface area contributed by atoms with Gasteiger partial charge in [-0.2, -0.15) is 0 Å². The van der Waals surface area contributed by atoms with Crippen molar-refractivity contribution in [3.8, 4) is 0 Å². The fourth-order valence-electron chi connectivity index (χ4n) is 2.10. The Morgan fingerprint density at radius 2 is 1.85 bits per heavy atom. The Morgan fingerprint density at radius 1 is 1.20 bits per heavy atom. The van der Waals surface area contributed by atoms with Gasteiger partial charge in [-0.15, -0.1) is 0 Å². The number of aromatic carboxylic acids is 1. The van der Waals surface area contributed by atoms with Gasteiger partial charge in [-0.05, 0) is 17.5 Å². The number of hydrogen-bond donors (Lipinski definition) is 1. The van der Waals surface area contributed by atoms with E-state index in [4.69, 9.17) is 9.47 Å². The van der Waals surface area contributed by atoms with Crippen LogP contribution in [-0.2, 0) is 9.47 Å². The van der Waals surface area contributed by atoms with Gasteiger partial charge in [-0.3, -0.25) is 0 Å². The van der Waals surface area contributed by atoms with Crippen LogP contribution in [0.15, 0.2) is 36.4 Å². The summed E-state index contributed by atoms with van der Waals surface area (Å²) in [4.78, 5) is 23.4. The number of esters is 1. The SMILES string of the molecule is O=C(O)c1cccc2cccc(C(=O)OCC3CO3)c12. The molecule has 0 bridgehead atoms. The Bertz CT molecular complexity index is 682. The second kappa shape index (κ2) is 4.94. The van der Waals surface area contributed by atoms with Gasteiger partial charge < -0.3 is 14.6 Å². The molecule has 0 aromatic heterocycles. The van der Waals surface area contributed by atoms with Crippen LogP contribution in [0.1, 0.15) is 20.7 Å². The third kappa shape index (κ3) is 2.35. The van der Waals surface area contributed by atoms with Gasteiger partial charge in [0.2, 0.25) is 0 Å². The lowest BCUT2D eigenvalue weighted by Gasteiger charge is -2.09. The van der Waals surface area contributed by atoms with E-state index in [0.29, 0.717) is 17.4 Å². The van der Waals surface area contributed by atoms with Crippen molar-refractivity contribution in [3.05, 3.63) is 47.5 Å². The van der Waals surface area contributed by atoms with Crippen molar-refractivity contribution in [2.75, 3.05) is 13.2 Å². The molecule has 2 aromatic rings. The number of rotatable bonds is 4. The molecule has 5 heteroatoms. The molecule has 1 aliphatic rings. The summed E-state index contributed by atoms with van der Waals surface area (Å²) in [5.41, 5.74) is 0.360. The van der Waals surface area contributed by atoms with Crippen LogP contribution in [0.25, 0.3) is 10.8 Å². The molecule has 20 heavy (non-hydrogen) atoms. The first-order chi connectivity index (χ1) is 9.66. The zero-order valence-corrected chi connectivity index (χ0v) is 10.5. The Labute approximate surface area is 114 Å². The Morgan fingerprint density at radius 3 is 2.45 bits per heavy atom. The minimum Gasteiger partial charge on any atom is -0.478 e. The third-order valence-corrected chi connectivity index (χ3v) is 3.16. The number of carboxylic acid groups (broad SMARTS) is 1. The van der Waals surface area contributed by atoms with Gasteiger partial charge in [0.05, 0.1) is 17.7 Å². The van der Waals surface area contributed by atoms with Gasteiger partial charge in [0.15, 0.2) is 0 Å². The van der Waals surface area contributed by atoms with Crippen LogP contribution in [0, 0.1) is 0 Å². The van der Waals surface area contributed by atoms with Crippen LogP contribution >= 0.6 is 0 Å². The number of epoxide rings is 1. The number of carbonyl (C=O) groups is 2. The van der Waals surface area contributed by atoms with E-state index in [9.17, 15) is 14.7 Å². The Balaban J connectivity index is 2.04. The standard InChI is InChI=1S/C15H12O5/c16-14(17)11-5-1-3-9-4-2-6-12(13(9)11)15(18)20-8-10-7-19-10/h1-6,10H,7-8H2,(H,16,17). The molecule has 102 valence electrons. The highest BCUT2D eigenvalue weighted by atomic mass is 16.6. The molecule has 0 aliphatic carbocycles. The lowest BCUT2D eigenvalue weighted by atomic mass is 9.99. The van der Waals surface area contributed by atoms with Crippen LogP contribution < -0.4 is 0 Å². The van der Waals surface area contributed by atoms with Crippen LogP contribution in [0.5, 0.6) is 0 Å². The van der Waals surface area contributed by atoms with Crippen molar-refractivity contribution in [2.45, 2.75) is 6.10 Å². The molecule has 0 saturated carbocycles. The first-order valence-corrected chi connectivity index (χ1v) is 6.20. The number of carbonyl (C=O) groups excluding carboxylic acids is 1. The predicted octanol–water partition coefficient (Wildman–Crippen LogP) is 2.09. The number of hydrogen-bond acceptors (Lipinski definition) is 4. The van der Waals surface area contributed by atoms with Gasteiger partial charge in [0, 0.05) is 5.39 Å². The van der Waals surface area contributed by atoms with Crippen LogP contribution in [-0.4, -0.2) is 36.4 Å². The van der Waals surface area contributed by atoms with E-state index < -0.39 is 11.9 Å². The van der Waals surface area contributed by atoms with E-state index in [2.05, 4.69) is 0 Å². The van der Waals surface area contributed by atoms with Crippen molar-refractivity contribution in [3.63, 3.8) is 0 Å². The molecule has 1 atom stereocenters. The van der Waals surface area contributed by atoms with Gasteiger partial charge in [0.1, 0.15) is 12.7 Å². The predicted molar refractivity (Wildman–Crippen MR) is 70.9 cm³/mol. The maximum Gasteiger partial charge on any atom is 0.338 e. The normalized spacial score (nSPS) is 16.9. The quantitative estimate of drug-likeness (QED) is 0.681. The largest absolute Gasteiger partial charge is 0.478 e. The lowest BCUT2D eigenvalue weighted by Crippen LogP contribution is -2.11. The summed E-state index contributed by atoms with van der Waals surface area (Å²) in [5, 5.41) is 10.3. The zero-order valence-electron chi connectivity index (χ0n) is 10.5. The van der Waals surface area contributed by atoms with Gasteiger partial charge in [-0.25, -0.2) is 9.59 Å². The van der Waals surface area contributed by atoms with E-state index in [1.54, 1.807) is 30.3 Å². The summed E-state index contributed by atoms with van der Waals surface area (Å²) in [6.07, 6.45) is -0.0205. The molecular formula is C15H12O5. The molecule has 0 spiro atoms. The zero-order chi connectivity index (χ0) is 14.1. The summed E-state index contributed by atoms with van der Waals surface area (Å²) >= 11 is 0. The monoisotopic (exact) mass is 272 g/mol. The first kappa shape index (κ1) is 12.6. The van der Waals surface area contributed by atoms with Crippen molar-refractivity contribution in [2.24, 2.45) is 0 Å². The summed E-state index contributed by atoms with van der Waals surface area (Å²) < 4.78 is 10.1. The number of benzene rings is 2. The first-order valence-electron chi connectivity index (χ1n) is 6.20. The van der Waals surface area contributed by atoms with Gasteiger partial charge in [-0.1, -0.05) is 24.3 Å². The topological polar surface area (TPSA) is 76.1 Å². The molecule has 1 saturated heterocycles. The molecule has 0 amide bonds. The van der Waals surface area contributed by atoms with E-state index >= 15 is 0 Å². The minimum absolute atomic E-state index is 0.0205. The van der Waals surface area contributed by atoms with Crippen LogP contribution in [0.2, 0.25) is 0 Å². The van der Waals surface area contributed by atoms with Crippen molar-refractivity contribution < 1.29 is 24.2 Å². The highest BCUT2D eigenvalue weighted by Gasteiger charge is 2.25.